The summed E-state index contributed by atoms with van der Waals surface area (Å²) in [6, 6.07) is 12.0. The van der Waals surface area contributed by atoms with Crippen molar-refractivity contribution in [3.63, 3.8) is 0 Å². The molecule has 8 nitrogen and oxygen atoms in total. The smallest absolute Gasteiger partial charge is 0.242 e. The standard InChI is InChI=1S/C27H36FN3O5S/c1-20(27(33)29-23-9-4-5-10-23)30(19-21-14-16-22(28)17-15-21)26(32)13-8-18-31(37(3,34)35)24-11-6-7-12-25(24)36-2/h6-7,11-12,14-17,20,23H,4-5,8-10,13,18-19H2,1-3H3,(H,29,33)/t20-/m0/s1. The molecule has 10 heteroatoms. The molecule has 0 heterocycles. The minimum atomic E-state index is -3.64. The van der Waals surface area contributed by atoms with E-state index in [-0.39, 0.29) is 49.6 Å². The molecule has 0 aliphatic heterocycles. The molecule has 0 saturated heterocycles. The largest absolute Gasteiger partial charge is 0.495 e. The van der Waals surface area contributed by atoms with E-state index in [2.05, 4.69) is 5.32 Å². The molecular weight excluding hydrogens is 497 g/mol. The number of sulfonamides is 1. The van der Waals surface area contributed by atoms with Crippen LogP contribution in [0.2, 0.25) is 0 Å². The second-order valence-electron chi connectivity index (χ2n) is 9.42. The van der Waals surface area contributed by atoms with Crippen molar-refractivity contribution in [1.82, 2.24) is 10.2 Å². The number of para-hydroxylation sites is 2. The van der Waals surface area contributed by atoms with Crippen molar-refractivity contribution in [3.05, 3.63) is 59.9 Å². The highest BCUT2D eigenvalue weighted by atomic mass is 32.2. The van der Waals surface area contributed by atoms with Gasteiger partial charge in [0.15, 0.2) is 0 Å². The fourth-order valence-electron chi connectivity index (χ4n) is 4.58. The van der Waals surface area contributed by atoms with E-state index in [1.807, 2.05) is 0 Å². The fraction of sp³-hybridized carbons (Fsp3) is 0.481. The number of benzene rings is 2. The average molecular weight is 534 g/mol. The van der Waals surface area contributed by atoms with E-state index in [4.69, 9.17) is 4.74 Å². The predicted octanol–water partition coefficient (Wildman–Crippen LogP) is 3.86. The Hall–Kier alpha value is -3.14. The van der Waals surface area contributed by atoms with Crippen molar-refractivity contribution < 1.29 is 27.1 Å². The van der Waals surface area contributed by atoms with Crippen molar-refractivity contribution in [1.29, 1.82) is 0 Å². The second-order valence-corrected chi connectivity index (χ2v) is 11.3. The van der Waals surface area contributed by atoms with Crippen LogP contribution in [0.4, 0.5) is 10.1 Å². The first-order chi connectivity index (χ1) is 17.6. The van der Waals surface area contributed by atoms with Gasteiger partial charge in [0.25, 0.3) is 0 Å². The second kappa shape index (κ2) is 12.9. The normalized spacial score (nSPS) is 14.7. The Kier molecular flexibility index (Phi) is 9.91. The molecule has 1 N–H and O–H groups in total. The van der Waals surface area contributed by atoms with Crippen molar-refractivity contribution in [2.24, 2.45) is 0 Å². The third-order valence-electron chi connectivity index (χ3n) is 6.64. The summed E-state index contributed by atoms with van der Waals surface area (Å²) in [7, 11) is -2.17. The molecule has 1 aliphatic carbocycles. The molecule has 0 bridgehead atoms. The van der Waals surface area contributed by atoms with Crippen LogP contribution in [0.5, 0.6) is 5.75 Å². The van der Waals surface area contributed by atoms with Crippen LogP contribution in [-0.2, 0) is 26.2 Å². The number of hydrogen-bond acceptors (Lipinski definition) is 5. The molecule has 1 saturated carbocycles. The Morgan fingerprint density at radius 3 is 2.38 bits per heavy atom. The van der Waals surface area contributed by atoms with Gasteiger partial charge in [0.1, 0.15) is 17.6 Å². The van der Waals surface area contributed by atoms with Crippen LogP contribution in [0.25, 0.3) is 0 Å². The lowest BCUT2D eigenvalue weighted by atomic mass is 10.1. The van der Waals surface area contributed by atoms with Crippen LogP contribution in [0.1, 0.15) is 51.0 Å². The van der Waals surface area contributed by atoms with Gasteiger partial charge in [0.05, 0.1) is 19.1 Å². The van der Waals surface area contributed by atoms with Crippen LogP contribution in [0, 0.1) is 5.82 Å². The van der Waals surface area contributed by atoms with Gasteiger partial charge in [0, 0.05) is 25.6 Å². The highest BCUT2D eigenvalue weighted by molar-refractivity contribution is 7.92. The van der Waals surface area contributed by atoms with Gasteiger partial charge in [-0.3, -0.25) is 13.9 Å². The number of halogens is 1. The zero-order valence-corrected chi connectivity index (χ0v) is 22.5. The molecule has 1 fully saturated rings. The molecule has 3 rings (SSSR count). The molecule has 0 spiro atoms. The number of rotatable bonds is 12. The van der Waals surface area contributed by atoms with Gasteiger partial charge in [-0.2, -0.15) is 0 Å². The molecule has 2 aromatic rings. The minimum absolute atomic E-state index is 0.0312. The van der Waals surface area contributed by atoms with Gasteiger partial charge in [-0.05, 0) is 56.0 Å². The molecule has 2 aromatic carbocycles. The summed E-state index contributed by atoms with van der Waals surface area (Å²) in [5, 5.41) is 3.04. The molecule has 1 aliphatic rings. The maximum Gasteiger partial charge on any atom is 0.242 e. The average Bonchev–Trinajstić information content (AvgIpc) is 3.38. The first-order valence-corrected chi connectivity index (χ1v) is 14.4. The molecule has 0 aromatic heterocycles. The topological polar surface area (TPSA) is 96.0 Å². The van der Waals surface area contributed by atoms with Gasteiger partial charge in [-0.25, -0.2) is 12.8 Å². The first kappa shape index (κ1) is 28.4. The van der Waals surface area contributed by atoms with Crippen LogP contribution in [0.15, 0.2) is 48.5 Å². The first-order valence-electron chi connectivity index (χ1n) is 12.5. The van der Waals surface area contributed by atoms with E-state index >= 15 is 0 Å². The Balaban J connectivity index is 1.73. The minimum Gasteiger partial charge on any atom is -0.495 e. The van der Waals surface area contributed by atoms with E-state index in [1.54, 1.807) is 43.3 Å². The Labute approximate surface area is 218 Å². The Morgan fingerprint density at radius 2 is 1.76 bits per heavy atom. The lowest BCUT2D eigenvalue weighted by molar-refractivity contribution is -0.141. The van der Waals surface area contributed by atoms with E-state index in [1.165, 1.54) is 28.4 Å². The predicted molar refractivity (Wildman–Crippen MR) is 141 cm³/mol. The molecule has 1 atom stereocenters. The molecular formula is C27H36FN3O5S. The number of nitrogens with one attached hydrogen (secondary N) is 1. The van der Waals surface area contributed by atoms with Crippen molar-refractivity contribution in [3.8, 4) is 5.75 Å². The molecule has 37 heavy (non-hydrogen) atoms. The number of carbonyl (C=O) groups excluding carboxylic acids is 2. The number of nitrogens with zero attached hydrogens (tertiary/aromatic N) is 2. The van der Waals surface area contributed by atoms with Crippen LogP contribution >= 0.6 is 0 Å². The maximum atomic E-state index is 13.4. The number of carbonyl (C=O) groups is 2. The summed E-state index contributed by atoms with van der Waals surface area (Å²) in [5.74, 6) is -0.485. The van der Waals surface area contributed by atoms with Crippen LogP contribution < -0.4 is 14.4 Å². The number of amides is 2. The SMILES string of the molecule is COc1ccccc1N(CCCC(=O)N(Cc1ccc(F)cc1)[C@@H](C)C(=O)NC1CCCC1)S(C)(=O)=O. The summed E-state index contributed by atoms with van der Waals surface area (Å²) in [4.78, 5) is 27.8. The van der Waals surface area contributed by atoms with E-state index in [0.29, 0.717) is 17.0 Å². The zero-order chi connectivity index (χ0) is 27.0. The van der Waals surface area contributed by atoms with E-state index in [9.17, 15) is 22.4 Å². The van der Waals surface area contributed by atoms with E-state index in [0.717, 1.165) is 31.9 Å². The summed E-state index contributed by atoms with van der Waals surface area (Å²) >= 11 is 0. The summed E-state index contributed by atoms with van der Waals surface area (Å²) in [6.07, 6.45) is 5.37. The zero-order valence-electron chi connectivity index (χ0n) is 21.7. The Bertz CT molecular complexity index is 1170. The van der Waals surface area contributed by atoms with Crippen LogP contribution in [0.3, 0.4) is 0 Å². The van der Waals surface area contributed by atoms with Gasteiger partial charge in [0.2, 0.25) is 21.8 Å². The highest BCUT2D eigenvalue weighted by Crippen LogP contribution is 2.30. The molecule has 0 unspecified atom stereocenters. The number of ether oxygens (including phenoxy) is 1. The third-order valence-corrected chi connectivity index (χ3v) is 7.82. The Morgan fingerprint density at radius 1 is 1.11 bits per heavy atom. The fourth-order valence-corrected chi connectivity index (χ4v) is 5.55. The summed E-state index contributed by atoms with van der Waals surface area (Å²) < 4.78 is 45.0. The lowest BCUT2D eigenvalue weighted by Gasteiger charge is -2.30. The lowest BCUT2D eigenvalue weighted by Crippen LogP contribution is -2.49. The van der Waals surface area contributed by atoms with Gasteiger partial charge in [-0.15, -0.1) is 0 Å². The summed E-state index contributed by atoms with van der Waals surface area (Å²) in [5.41, 5.74) is 1.09. The van der Waals surface area contributed by atoms with Crippen molar-refractivity contribution in [2.45, 2.75) is 64.1 Å². The summed E-state index contributed by atoms with van der Waals surface area (Å²) in [6.45, 7) is 1.89. The van der Waals surface area contributed by atoms with Crippen molar-refractivity contribution >= 4 is 27.5 Å². The number of hydrogen-bond donors (Lipinski definition) is 1. The maximum absolute atomic E-state index is 13.4. The number of anilines is 1. The third kappa shape index (κ3) is 7.92. The van der Waals surface area contributed by atoms with Gasteiger partial charge >= 0.3 is 0 Å². The van der Waals surface area contributed by atoms with E-state index < -0.39 is 16.1 Å². The molecule has 202 valence electrons. The quantitative estimate of drug-likeness (QED) is 0.447. The molecule has 2 amide bonds. The highest BCUT2D eigenvalue weighted by Gasteiger charge is 2.29. The van der Waals surface area contributed by atoms with Crippen molar-refractivity contribution in [2.75, 3.05) is 24.2 Å². The number of methoxy groups -OCH3 is 1. The monoisotopic (exact) mass is 533 g/mol. The van der Waals surface area contributed by atoms with Gasteiger partial charge in [-0.1, -0.05) is 37.1 Å². The van der Waals surface area contributed by atoms with Gasteiger partial charge < -0.3 is 15.0 Å². The molecule has 0 radical (unpaired) electrons. The van der Waals surface area contributed by atoms with Crippen LogP contribution in [-0.4, -0.2) is 57.1 Å².